The van der Waals surface area contributed by atoms with Gasteiger partial charge in [-0.1, -0.05) is 0 Å². The largest absolute Gasteiger partial charge is 0.456 e. The molecule has 0 spiro atoms. The first-order valence-corrected chi connectivity index (χ1v) is 4.17. The Hall–Kier alpha value is -1.29. The Kier molecular flexibility index (Phi) is 3.08. The van der Waals surface area contributed by atoms with E-state index in [1.165, 1.54) is 4.90 Å². The van der Waals surface area contributed by atoms with Crippen LogP contribution in [-0.4, -0.2) is 30.9 Å². The summed E-state index contributed by atoms with van der Waals surface area (Å²) in [5, 5.41) is 0. The maximum absolute atomic E-state index is 11.5. The highest BCUT2D eigenvalue weighted by atomic mass is 16.3. The van der Waals surface area contributed by atoms with Gasteiger partial charge in [-0.2, -0.15) is 0 Å². The Morgan fingerprint density at radius 1 is 1.62 bits per heavy atom. The average molecular weight is 182 g/mol. The van der Waals surface area contributed by atoms with E-state index in [1.807, 2.05) is 0 Å². The van der Waals surface area contributed by atoms with Gasteiger partial charge < -0.3 is 15.1 Å². The van der Waals surface area contributed by atoms with Crippen LogP contribution in [-0.2, 0) is 0 Å². The first-order valence-electron chi connectivity index (χ1n) is 4.17. The number of amides is 1. The van der Waals surface area contributed by atoms with Gasteiger partial charge in [-0.15, -0.1) is 0 Å². The Morgan fingerprint density at radius 2 is 2.31 bits per heavy atom. The lowest BCUT2D eigenvalue weighted by molar-refractivity contribution is 0.0766. The van der Waals surface area contributed by atoms with E-state index in [-0.39, 0.29) is 5.91 Å². The molecule has 1 amide bonds. The van der Waals surface area contributed by atoms with Crippen LogP contribution in [0.3, 0.4) is 0 Å². The summed E-state index contributed by atoms with van der Waals surface area (Å²) in [4.78, 5) is 13.1. The molecule has 0 radical (unpaired) electrons. The first-order chi connectivity index (χ1) is 6.15. The van der Waals surface area contributed by atoms with Crippen LogP contribution in [0.15, 0.2) is 16.5 Å². The highest BCUT2D eigenvalue weighted by Crippen LogP contribution is 2.08. The molecule has 4 nitrogen and oxygen atoms in total. The van der Waals surface area contributed by atoms with E-state index < -0.39 is 0 Å². The summed E-state index contributed by atoms with van der Waals surface area (Å²) >= 11 is 0. The standard InChI is InChI=1S/C9H14N2O2/c1-7-3-4-8(13-7)9(12)11(2)6-5-10/h3-4H,5-6,10H2,1-2H3. The summed E-state index contributed by atoms with van der Waals surface area (Å²) < 4.78 is 5.18. The number of carbonyl (C=O) groups excluding carboxylic acids is 1. The molecule has 0 bridgehead atoms. The van der Waals surface area contributed by atoms with Crippen molar-refractivity contribution in [3.8, 4) is 0 Å². The number of rotatable bonds is 3. The van der Waals surface area contributed by atoms with Crippen molar-refractivity contribution in [1.82, 2.24) is 4.90 Å². The van der Waals surface area contributed by atoms with Gasteiger partial charge in [0, 0.05) is 20.1 Å². The second-order valence-electron chi connectivity index (χ2n) is 2.93. The van der Waals surface area contributed by atoms with Crippen molar-refractivity contribution in [2.75, 3.05) is 20.1 Å². The van der Waals surface area contributed by atoms with Crippen LogP contribution in [0.1, 0.15) is 16.3 Å². The van der Waals surface area contributed by atoms with E-state index in [0.717, 1.165) is 5.76 Å². The fourth-order valence-electron chi connectivity index (χ4n) is 1.03. The monoisotopic (exact) mass is 182 g/mol. The Bertz CT molecular complexity index is 294. The SMILES string of the molecule is Cc1ccc(C(=O)N(C)CCN)o1. The number of nitrogens with zero attached hydrogens (tertiary/aromatic N) is 1. The van der Waals surface area contributed by atoms with E-state index in [1.54, 1.807) is 26.1 Å². The van der Waals surface area contributed by atoms with Crippen molar-refractivity contribution in [1.29, 1.82) is 0 Å². The second-order valence-corrected chi connectivity index (χ2v) is 2.93. The normalized spacial score (nSPS) is 10.1. The molecule has 1 heterocycles. The minimum absolute atomic E-state index is 0.126. The van der Waals surface area contributed by atoms with E-state index in [0.29, 0.717) is 18.8 Å². The van der Waals surface area contributed by atoms with E-state index in [2.05, 4.69) is 0 Å². The Morgan fingerprint density at radius 3 is 2.77 bits per heavy atom. The molecule has 0 aliphatic carbocycles. The van der Waals surface area contributed by atoms with Gasteiger partial charge in [0.1, 0.15) is 5.76 Å². The number of furan rings is 1. The van der Waals surface area contributed by atoms with Gasteiger partial charge in [-0.05, 0) is 19.1 Å². The lowest BCUT2D eigenvalue weighted by Gasteiger charge is -2.13. The zero-order valence-corrected chi connectivity index (χ0v) is 7.91. The molecule has 4 heteroatoms. The molecule has 0 atom stereocenters. The van der Waals surface area contributed by atoms with Crippen LogP contribution in [0.5, 0.6) is 0 Å². The molecule has 1 rings (SSSR count). The minimum atomic E-state index is -0.126. The number of likely N-dealkylation sites (N-methyl/N-ethyl adjacent to an activating group) is 1. The molecule has 0 unspecified atom stereocenters. The summed E-state index contributed by atoms with van der Waals surface area (Å²) in [6, 6.07) is 3.44. The minimum Gasteiger partial charge on any atom is -0.456 e. The van der Waals surface area contributed by atoms with Gasteiger partial charge in [-0.25, -0.2) is 0 Å². The van der Waals surface area contributed by atoms with Gasteiger partial charge in [-0.3, -0.25) is 4.79 Å². The molecule has 0 saturated heterocycles. The highest BCUT2D eigenvalue weighted by molar-refractivity contribution is 5.91. The average Bonchev–Trinajstić information content (AvgIpc) is 2.51. The fourth-order valence-corrected chi connectivity index (χ4v) is 1.03. The van der Waals surface area contributed by atoms with Gasteiger partial charge >= 0.3 is 0 Å². The second kappa shape index (κ2) is 4.09. The molecule has 0 fully saturated rings. The molecule has 1 aromatic rings. The number of hydrogen-bond acceptors (Lipinski definition) is 3. The van der Waals surface area contributed by atoms with Crippen LogP contribution < -0.4 is 5.73 Å². The molecular weight excluding hydrogens is 168 g/mol. The van der Waals surface area contributed by atoms with Gasteiger partial charge in [0.15, 0.2) is 5.76 Å². The summed E-state index contributed by atoms with van der Waals surface area (Å²) in [5.41, 5.74) is 5.33. The fraction of sp³-hybridized carbons (Fsp3) is 0.444. The topological polar surface area (TPSA) is 59.5 Å². The van der Waals surface area contributed by atoms with Crippen LogP contribution >= 0.6 is 0 Å². The van der Waals surface area contributed by atoms with Crippen molar-refractivity contribution >= 4 is 5.91 Å². The third-order valence-electron chi connectivity index (χ3n) is 1.76. The zero-order chi connectivity index (χ0) is 9.84. The van der Waals surface area contributed by atoms with Crippen LogP contribution in [0.4, 0.5) is 0 Å². The molecule has 13 heavy (non-hydrogen) atoms. The Balaban J connectivity index is 2.67. The van der Waals surface area contributed by atoms with E-state index in [9.17, 15) is 4.79 Å². The van der Waals surface area contributed by atoms with Crippen LogP contribution in [0.25, 0.3) is 0 Å². The summed E-state index contributed by atoms with van der Waals surface area (Å²) in [5.74, 6) is 0.983. The lowest BCUT2D eigenvalue weighted by Crippen LogP contribution is -2.31. The van der Waals surface area contributed by atoms with Crippen molar-refractivity contribution in [3.63, 3.8) is 0 Å². The summed E-state index contributed by atoms with van der Waals surface area (Å²) in [6.45, 7) is 2.81. The quantitative estimate of drug-likeness (QED) is 0.745. The molecule has 2 N–H and O–H groups in total. The van der Waals surface area contributed by atoms with Crippen molar-refractivity contribution < 1.29 is 9.21 Å². The number of hydrogen-bond donors (Lipinski definition) is 1. The molecule has 0 aliphatic heterocycles. The number of carbonyl (C=O) groups is 1. The maximum Gasteiger partial charge on any atom is 0.289 e. The molecule has 0 aliphatic rings. The smallest absolute Gasteiger partial charge is 0.289 e. The van der Waals surface area contributed by atoms with Gasteiger partial charge in [0.05, 0.1) is 0 Å². The van der Waals surface area contributed by atoms with Gasteiger partial charge in [0.25, 0.3) is 5.91 Å². The van der Waals surface area contributed by atoms with Crippen LogP contribution in [0, 0.1) is 6.92 Å². The predicted molar refractivity (Wildman–Crippen MR) is 49.5 cm³/mol. The third kappa shape index (κ3) is 2.32. The van der Waals surface area contributed by atoms with E-state index in [4.69, 9.17) is 10.2 Å². The van der Waals surface area contributed by atoms with Crippen molar-refractivity contribution in [3.05, 3.63) is 23.7 Å². The zero-order valence-electron chi connectivity index (χ0n) is 7.91. The molecule has 72 valence electrons. The molecule has 1 aromatic heterocycles. The van der Waals surface area contributed by atoms with Crippen LogP contribution in [0.2, 0.25) is 0 Å². The summed E-state index contributed by atoms with van der Waals surface area (Å²) in [6.07, 6.45) is 0. The summed E-state index contributed by atoms with van der Waals surface area (Å²) in [7, 11) is 1.70. The maximum atomic E-state index is 11.5. The molecular formula is C9H14N2O2. The van der Waals surface area contributed by atoms with Gasteiger partial charge in [0.2, 0.25) is 0 Å². The third-order valence-corrected chi connectivity index (χ3v) is 1.76. The Labute approximate surface area is 77.3 Å². The number of aryl methyl sites for hydroxylation is 1. The number of nitrogens with two attached hydrogens (primary N) is 1. The predicted octanol–water partition coefficient (Wildman–Crippen LogP) is 0.619. The van der Waals surface area contributed by atoms with Crippen molar-refractivity contribution in [2.24, 2.45) is 5.73 Å². The van der Waals surface area contributed by atoms with E-state index >= 15 is 0 Å². The molecule has 0 aromatic carbocycles. The molecule has 0 saturated carbocycles. The highest BCUT2D eigenvalue weighted by Gasteiger charge is 2.13. The lowest BCUT2D eigenvalue weighted by atomic mass is 10.4. The first kappa shape index (κ1) is 9.80. The van der Waals surface area contributed by atoms with Crippen molar-refractivity contribution in [2.45, 2.75) is 6.92 Å².